The number of nitro groups is 1. The molecule has 0 radical (unpaired) electrons. The van der Waals surface area contributed by atoms with E-state index in [1.165, 1.54) is 36.0 Å². The first kappa shape index (κ1) is 27.3. The summed E-state index contributed by atoms with van der Waals surface area (Å²) < 4.78 is 0.554. The molecule has 200 valence electrons. The fourth-order valence-corrected chi connectivity index (χ4v) is 6.04. The maximum atomic E-state index is 13.4. The van der Waals surface area contributed by atoms with Crippen molar-refractivity contribution in [1.82, 2.24) is 10.2 Å². The van der Waals surface area contributed by atoms with Crippen molar-refractivity contribution >= 4 is 63.3 Å². The summed E-state index contributed by atoms with van der Waals surface area (Å²) in [7, 11) is 0. The molecule has 0 aliphatic carbocycles. The van der Waals surface area contributed by atoms with Crippen LogP contribution in [0, 0.1) is 10.1 Å². The van der Waals surface area contributed by atoms with Crippen LogP contribution in [0.15, 0.2) is 101 Å². The highest BCUT2D eigenvalue weighted by Crippen LogP contribution is 2.44. The average molecular weight is 591 g/mol. The highest BCUT2D eigenvalue weighted by molar-refractivity contribution is 8.00. The minimum absolute atomic E-state index is 0.140. The van der Waals surface area contributed by atoms with Gasteiger partial charge in [-0.25, -0.2) is 0 Å². The second-order valence-electron chi connectivity index (χ2n) is 8.57. The van der Waals surface area contributed by atoms with Gasteiger partial charge in [-0.05, 0) is 34.9 Å². The molecule has 1 N–H and O–H groups in total. The normalized spacial score (nSPS) is 15.3. The minimum Gasteiger partial charge on any atom is -0.503 e. The standard InChI is InChI=1S/C28H19ClN4O5S2/c29-20-12-9-18(10-13-20)16-39-28-31-30-27(40-28)32-24(19-7-4-8-21(15-19)33(37)38)23(25(35)26(32)36)22(34)14-11-17-5-2-1-3-6-17/h1-15,24,35H,16H2. The maximum absolute atomic E-state index is 13.4. The van der Waals surface area contributed by atoms with Crippen molar-refractivity contribution < 1.29 is 19.6 Å². The van der Waals surface area contributed by atoms with Gasteiger partial charge in [-0.2, -0.15) is 0 Å². The van der Waals surface area contributed by atoms with Crippen molar-refractivity contribution in [2.75, 3.05) is 4.90 Å². The zero-order valence-electron chi connectivity index (χ0n) is 20.5. The number of benzene rings is 3. The van der Waals surface area contributed by atoms with Gasteiger partial charge in [0.15, 0.2) is 15.9 Å². The fraction of sp³-hybridized carbons (Fsp3) is 0.0714. The number of hydrogen-bond acceptors (Lipinski definition) is 9. The number of nitro benzene ring substituents is 1. The molecule has 0 saturated carbocycles. The number of rotatable bonds is 9. The monoisotopic (exact) mass is 590 g/mol. The zero-order chi connectivity index (χ0) is 28.2. The summed E-state index contributed by atoms with van der Waals surface area (Å²) in [5, 5.41) is 31.5. The highest BCUT2D eigenvalue weighted by Gasteiger charge is 2.45. The van der Waals surface area contributed by atoms with Crippen molar-refractivity contribution in [3.05, 3.63) is 128 Å². The van der Waals surface area contributed by atoms with Crippen LogP contribution in [0.5, 0.6) is 0 Å². The molecule has 1 unspecified atom stereocenters. The highest BCUT2D eigenvalue weighted by atomic mass is 35.5. The molecule has 0 saturated heterocycles. The van der Waals surface area contributed by atoms with Crippen molar-refractivity contribution in [1.29, 1.82) is 0 Å². The number of halogens is 1. The van der Waals surface area contributed by atoms with Crippen molar-refractivity contribution in [3.63, 3.8) is 0 Å². The van der Waals surface area contributed by atoms with E-state index in [1.54, 1.807) is 36.4 Å². The van der Waals surface area contributed by atoms with Crippen LogP contribution in [0.1, 0.15) is 22.7 Å². The van der Waals surface area contributed by atoms with E-state index < -0.39 is 28.4 Å². The zero-order valence-corrected chi connectivity index (χ0v) is 22.9. The molecule has 1 aliphatic heterocycles. The number of amides is 1. The van der Waals surface area contributed by atoms with Crippen molar-refractivity contribution in [2.45, 2.75) is 16.1 Å². The second kappa shape index (κ2) is 11.8. The average Bonchev–Trinajstić information content (AvgIpc) is 3.54. The lowest BCUT2D eigenvalue weighted by Crippen LogP contribution is -2.30. The van der Waals surface area contributed by atoms with Crippen LogP contribution in [0.2, 0.25) is 5.02 Å². The van der Waals surface area contributed by atoms with Crippen LogP contribution in [-0.2, 0) is 15.3 Å². The minimum atomic E-state index is -1.15. The third-order valence-electron chi connectivity index (χ3n) is 5.97. The van der Waals surface area contributed by atoms with Gasteiger partial charge in [-0.3, -0.25) is 24.6 Å². The molecule has 0 bridgehead atoms. The fourth-order valence-electron chi connectivity index (χ4n) is 4.09. The van der Waals surface area contributed by atoms with Gasteiger partial charge in [-0.1, -0.05) is 95.4 Å². The summed E-state index contributed by atoms with van der Waals surface area (Å²) in [4.78, 5) is 38.8. The molecule has 1 aromatic heterocycles. The number of aliphatic hydroxyl groups is 1. The molecular formula is C28H19ClN4O5S2. The molecule has 5 rings (SSSR count). The number of allylic oxidation sites excluding steroid dienone is 1. The van der Waals surface area contributed by atoms with E-state index in [4.69, 9.17) is 11.6 Å². The molecule has 9 nitrogen and oxygen atoms in total. The lowest BCUT2D eigenvalue weighted by molar-refractivity contribution is -0.384. The molecule has 3 aromatic carbocycles. The number of carbonyl (C=O) groups is 2. The Morgan fingerprint density at radius 2 is 1.85 bits per heavy atom. The summed E-state index contributed by atoms with van der Waals surface area (Å²) in [6.45, 7) is 0. The number of ketones is 1. The van der Waals surface area contributed by atoms with Crippen molar-refractivity contribution in [2.24, 2.45) is 0 Å². The number of nitrogens with zero attached hydrogens (tertiary/aromatic N) is 4. The Bertz CT molecular complexity index is 1650. The van der Waals surface area contributed by atoms with E-state index in [-0.39, 0.29) is 22.0 Å². The van der Waals surface area contributed by atoms with E-state index in [2.05, 4.69) is 10.2 Å². The Labute approximate surface area is 241 Å². The Kier molecular flexibility index (Phi) is 8.06. The first-order valence-corrected chi connectivity index (χ1v) is 14.0. The number of anilines is 1. The SMILES string of the molecule is O=C(C=Cc1ccccc1)C1=C(O)C(=O)N(c2nnc(SCc3ccc(Cl)cc3)s2)C1c1cccc([N+](=O)[O-])c1. The van der Waals surface area contributed by atoms with E-state index in [0.29, 0.717) is 15.1 Å². The van der Waals surface area contributed by atoms with Crippen molar-refractivity contribution in [3.8, 4) is 0 Å². The maximum Gasteiger partial charge on any atom is 0.296 e. The summed E-state index contributed by atoms with van der Waals surface area (Å²) in [6.07, 6.45) is 2.83. The van der Waals surface area contributed by atoms with Gasteiger partial charge in [0.05, 0.1) is 16.5 Å². The Balaban J connectivity index is 1.49. The predicted molar refractivity (Wildman–Crippen MR) is 154 cm³/mol. The lowest BCUT2D eigenvalue weighted by Gasteiger charge is -2.23. The number of aromatic nitrogens is 2. The number of thioether (sulfide) groups is 1. The number of carbonyl (C=O) groups excluding carboxylic acids is 2. The molecule has 40 heavy (non-hydrogen) atoms. The molecule has 0 fully saturated rings. The molecule has 12 heteroatoms. The molecular weight excluding hydrogens is 572 g/mol. The van der Waals surface area contributed by atoms with E-state index in [9.17, 15) is 24.8 Å². The lowest BCUT2D eigenvalue weighted by atomic mass is 9.95. The Morgan fingerprint density at radius 1 is 1.10 bits per heavy atom. The summed E-state index contributed by atoms with van der Waals surface area (Å²) in [5.74, 6) is -1.63. The number of aliphatic hydroxyl groups excluding tert-OH is 1. The quantitative estimate of drug-likeness (QED) is 0.0762. The predicted octanol–water partition coefficient (Wildman–Crippen LogP) is 6.57. The molecule has 1 atom stereocenters. The van der Waals surface area contributed by atoms with Gasteiger partial charge in [0, 0.05) is 22.9 Å². The second-order valence-corrected chi connectivity index (χ2v) is 11.2. The molecule has 2 heterocycles. The number of hydrogen-bond donors (Lipinski definition) is 1. The van der Waals surface area contributed by atoms with E-state index in [1.807, 2.05) is 30.3 Å². The molecule has 4 aromatic rings. The first-order chi connectivity index (χ1) is 19.3. The summed E-state index contributed by atoms with van der Waals surface area (Å²) >= 11 is 8.46. The van der Waals surface area contributed by atoms with Gasteiger partial charge in [-0.15, -0.1) is 10.2 Å². The largest absolute Gasteiger partial charge is 0.503 e. The third kappa shape index (κ3) is 5.81. The van der Waals surface area contributed by atoms with Crippen LogP contribution in [-0.4, -0.2) is 31.9 Å². The topological polar surface area (TPSA) is 127 Å². The smallest absolute Gasteiger partial charge is 0.296 e. The Hall–Kier alpha value is -4.32. The summed E-state index contributed by atoms with van der Waals surface area (Å²) in [6, 6.07) is 20.9. The van der Waals surface area contributed by atoms with Gasteiger partial charge in [0.25, 0.3) is 11.6 Å². The van der Waals surface area contributed by atoms with Crippen LogP contribution in [0.3, 0.4) is 0 Å². The molecule has 1 aliphatic rings. The molecule has 1 amide bonds. The Morgan fingerprint density at radius 3 is 2.58 bits per heavy atom. The van der Waals surface area contributed by atoms with Crippen LogP contribution in [0.4, 0.5) is 10.8 Å². The van der Waals surface area contributed by atoms with Crippen LogP contribution >= 0.6 is 34.7 Å². The third-order valence-corrected chi connectivity index (χ3v) is 8.35. The number of non-ortho nitro benzene ring substituents is 1. The molecule has 0 spiro atoms. The van der Waals surface area contributed by atoms with Crippen LogP contribution < -0.4 is 4.90 Å². The van der Waals surface area contributed by atoms with Gasteiger partial charge >= 0.3 is 0 Å². The summed E-state index contributed by atoms with van der Waals surface area (Å²) in [5.41, 5.74) is 1.60. The van der Waals surface area contributed by atoms with Gasteiger partial charge in [0.2, 0.25) is 5.13 Å². The van der Waals surface area contributed by atoms with Gasteiger partial charge < -0.3 is 5.11 Å². The van der Waals surface area contributed by atoms with E-state index >= 15 is 0 Å². The van der Waals surface area contributed by atoms with E-state index in [0.717, 1.165) is 27.4 Å². The van der Waals surface area contributed by atoms with Crippen LogP contribution in [0.25, 0.3) is 6.08 Å². The van der Waals surface area contributed by atoms with Gasteiger partial charge in [0.1, 0.15) is 0 Å². The first-order valence-electron chi connectivity index (χ1n) is 11.8.